The Labute approximate surface area is 169 Å². The van der Waals surface area contributed by atoms with E-state index in [-0.39, 0.29) is 11.9 Å². The predicted molar refractivity (Wildman–Crippen MR) is 112 cm³/mol. The molecule has 0 N–H and O–H groups in total. The van der Waals surface area contributed by atoms with E-state index in [1.54, 1.807) is 6.20 Å². The summed E-state index contributed by atoms with van der Waals surface area (Å²) in [6.45, 7) is 2.20. The van der Waals surface area contributed by atoms with Crippen LogP contribution in [0.25, 0.3) is 0 Å². The minimum atomic E-state index is -0.0730. The van der Waals surface area contributed by atoms with Gasteiger partial charge in [0.25, 0.3) is 5.91 Å². The predicted octanol–water partition coefficient (Wildman–Crippen LogP) is 3.98. The summed E-state index contributed by atoms with van der Waals surface area (Å²) in [7, 11) is 0. The first-order valence-corrected chi connectivity index (χ1v) is 9.87. The first kappa shape index (κ1) is 17.5. The second-order valence-corrected chi connectivity index (χ2v) is 7.34. The van der Waals surface area contributed by atoms with Gasteiger partial charge in [-0.15, -0.1) is 0 Å². The van der Waals surface area contributed by atoms with Crippen LogP contribution < -0.4 is 0 Å². The lowest BCUT2D eigenvalue weighted by atomic mass is 9.98. The molecule has 0 radical (unpaired) electrons. The Morgan fingerprint density at radius 1 is 0.897 bits per heavy atom. The van der Waals surface area contributed by atoms with Gasteiger partial charge in [-0.05, 0) is 41.5 Å². The quantitative estimate of drug-likeness (QED) is 0.536. The molecular weight excluding hydrogens is 360 g/mol. The van der Waals surface area contributed by atoms with Crippen LogP contribution in [-0.4, -0.2) is 31.7 Å². The lowest BCUT2D eigenvalue weighted by Crippen LogP contribution is -2.42. The lowest BCUT2D eigenvalue weighted by molar-refractivity contribution is 0.0664. The Bertz CT molecular complexity index is 1100. The number of hydrogen-bond donors (Lipinski definition) is 0. The highest BCUT2D eigenvalue weighted by Gasteiger charge is 2.32. The number of rotatable bonds is 4. The van der Waals surface area contributed by atoms with Crippen LogP contribution in [0, 0.1) is 0 Å². The molecule has 5 heteroatoms. The van der Waals surface area contributed by atoms with Crippen LogP contribution >= 0.6 is 0 Å². The summed E-state index contributed by atoms with van der Waals surface area (Å²) in [5.74, 6) is 0.0666. The Morgan fingerprint density at radius 2 is 1.72 bits per heavy atom. The van der Waals surface area contributed by atoms with E-state index in [2.05, 4.69) is 40.1 Å². The van der Waals surface area contributed by atoms with E-state index < -0.39 is 0 Å². The Morgan fingerprint density at radius 3 is 2.48 bits per heavy atom. The molecule has 2 aromatic carbocycles. The highest BCUT2D eigenvalue weighted by atomic mass is 16.2. The summed E-state index contributed by atoms with van der Waals surface area (Å²) in [5, 5.41) is 4.24. The third-order valence-corrected chi connectivity index (χ3v) is 5.52. The highest BCUT2D eigenvalue weighted by molar-refractivity contribution is 5.94. The topological polar surface area (TPSA) is 43.1 Å². The summed E-state index contributed by atoms with van der Waals surface area (Å²) < 4.78 is 4.12. The van der Waals surface area contributed by atoms with Gasteiger partial charge in [-0.1, -0.05) is 42.5 Å². The number of aromatic nitrogens is 3. The molecule has 3 heterocycles. The fraction of sp³-hybridized carbons (Fsp3) is 0.167. The molecule has 0 bridgehead atoms. The van der Waals surface area contributed by atoms with Crippen LogP contribution in [0.2, 0.25) is 0 Å². The smallest absolute Gasteiger partial charge is 0.254 e. The number of carbonyl (C=O) groups is 1. The maximum absolute atomic E-state index is 13.4. The number of carbonyl (C=O) groups excluding carboxylic acids is 1. The molecule has 5 rings (SSSR count). The third kappa shape index (κ3) is 3.36. The van der Waals surface area contributed by atoms with Crippen molar-refractivity contribution in [2.75, 3.05) is 6.54 Å². The number of hydrogen-bond acceptors (Lipinski definition) is 2. The number of fused-ring (bicyclic) bond motifs is 1. The van der Waals surface area contributed by atoms with Crippen LogP contribution in [0.5, 0.6) is 0 Å². The van der Waals surface area contributed by atoms with Crippen molar-refractivity contribution in [3.8, 4) is 0 Å². The highest BCUT2D eigenvalue weighted by Crippen LogP contribution is 2.33. The standard InChI is InChI=1S/C24H22N4O/c29-24(21-11-9-19(10-12-21)18-27-15-5-13-25-27)28-17-16-26-14-4-8-22(26)23(28)20-6-2-1-3-7-20/h1-15,23H,16-18H2. The summed E-state index contributed by atoms with van der Waals surface area (Å²) in [6.07, 6.45) is 5.80. The van der Waals surface area contributed by atoms with Crippen molar-refractivity contribution in [3.05, 3.63) is 114 Å². The van der Waals surface area contributed by atoms with Gasteiger partial charge in [-0.3, -0.25) is 9.48 Å². The molecule has 2 aromatic heterocycles. The molecule has 4 aromatic rings. The molecule has 29 heavy (non-hydrogen) atoms. The van der Waals surface area contributed by atoms with E-state index in [0.717, 1.165) is 28.9 Å². The summed E-state index contributed by atoms with van der Waals surface area (Å²) in [4.78, 5) is 15.4. The van der Waals surface area contributed by atoms with Gasteiger partial charge >= 0.3 is 0 Å². The molecule has 5 nitrogen and oxygen atoms in total. The summed E-state index contributed by atoms with van der Waals surface area (Å²) >= 11 is 0. The molecule has 1 unspecified atom stereocenters. The molecular formula is C24H22N4O. The van der Waals surface area contributed by atoms with Crippen molar-refractivity contribution in [2.45, 2.75) is 19.1 Å². The van der Waals surface area contributed by atoms with E-state index >= 15 is 0 Å². The van der Waals surface area contributed by atoms with E-state index in [1.165, 1.54) is 0 Å². The Balaban J connectivity index is 1.43. The average molecular weight is 382 g/mol. The molecule has 1 amide bonds. The molecule has 1 aliphatic heterocycles. The van der Waals surface area contributed by atoms with Crippen molar-refractivity contribution >= 4 is 5.91 Å². The molecule has 0 fully saturated rings. The van der Waals surface area contributed by atoms with Gasteiger partial charge < -0.3 is 9.47 Å². The molecule has 0 saturated heterocycles. The van der Waals surface area contributed by atoms with E-state index in [0.29, 0.717) is 13.1 Å². The van der Waals surface area contributed by atoms with Gasteiger partial charge in [0.2, 0.25) is 0 Å². The molecule has 0 saturated carbocycles. The number of benzene rings is 2. The first-order valence-electron chi connectivity index (χ1n) is 9.87. The monoisotopic (exact) mass is 382 g/mol. The van der Waals surface area contributed by atoms with Gasteiger partial charge in [-0.2, -0.15) is 5.10 Å². The molecule has 1 atom stereocenters. The fourth-order valence-electron chi connectivity index (χ4n) is 4.09. The summed E-state index contributed by atoms with van der Waals surface area (Å²) in [5.41, 5.74) is 4.13. The van der Waals surface area contributed by atoms with Gasteiger partial charge in [0, 0.05) is 42.9 Å². The van der Waals surface area contributed by atoms with Gasteiger partial charge in [0.15, 0.2) is 0 Å². The zero-order chi connectivity index (χ0) is 19.6. The maximum Gasteiger partial charge on any atom is 0.254 e. The van der Waals surface area contributed by atoms with E-state index in [4.69, 9.17) is 0 Å². The maximum atomic E-state index is 13.4. The largest absolute Gasteiger partial charge is 0.348 e. The van der Waals surface area contributed by atoms with Crippen molar-refractivity contribution in [2.24, 2.45) is 0 Å². The number of nitrogens with zero attached hydrogens (tertiary/aromatic N) is 4. The molecule has 144 valence electrons. The average Bonchev–Trinajstić information content (AvgIpc) is 3.45. The normalized spacial score (nSPS) is 15.9. The van der Waals surface area contributed by atoms with Crippen LogP contribution in [0.1, 0.15) is 33.2 Å². The molecule has 0 aliphatic carbocycles. The van der Waals surface area contributed by atoms with Gasteiger partial charge in [-0.25, -0.2) is 0 Å². The first-order chi connectivity index (χ1) is 14.3. The van der Waals surface area contributed by atoms with E-state index in [9.17, 15) is 4.79 Å². The summed E-state index contributed by atoms with van der Waals surface area (Å²) in [6, 6.07) is 24.2. The lowest BCUT2D eigenvalue weighted by Gasteiger charge is -2.37. The SMILES string of the molecule is O=C(c1ccc(Cn2cccn2)cc1)N1CCn2cccc2C1c1ccccc1. The van der Waals surface area contributed by atoms with Crippen LogP contribution in [0.3, 0.4) is 0 Å². The number of amides is 1. The fourth-order valence-corrected chi connectivity index (χ4v) is 4.09. The van der Waals surface area contributed by atoms with Crippen LogP contribution in [0.15, 0.2) is 91.4 Å². The minimum Gasteiger partial charge on any atom is -0.348 e. The zero-order valence-electron chi connectivity index (χ0n) is 16.1. The zero-order valence-corrected chi connectivity index (χ0v) is 16.1. The van der Waals surface area contributed by atoms with Crippen molar-refractivity contribution in [1.82, 2.24) is 19.2 Å². The third-order valence-electron chi connectivity index (χ3n) is 5.52. The van der Waals surface area contributed by atoms with Crippen molar-refractivity contribution < 1.29 is 4.79 Å². The van der Waals surface area contributed by atoms with E-state index in [1.807, 2.05) is 64.3 Å². The molecule has 0 spiro atoms. The second kappa shape index (κ2) is 7.43. The van der Waals surface area contributed by atoms with Crippen LogP contribution in [0.4, 0.5) is 0 Å². The Hall–Kier alpha value is -3.60. The second-order valence-electron chi connectivity index (χ2n) is 7.34. The van der Waals surface area contributed by atoms with Gasteiger partial charge in [0.05, 0.1) is 12.6 Å². The van der Waals surface area contributed by atoms with Crippen LogP contribution in [-0.2, 0) is 13.1 Å². The molecule has 1 aliphatic rings. The van der Waals surface area contributed by atoms with Crippen molar-refractivity contribution in [1.29, 1.82) is 0 Å². The van der Waals surface area contributed by atoms with Crippen molar-refractivity contribution in [3.63, 3.8) is 0 Å². The van der Waals surface area contributed by atoms with Gasteiger partial charge in [0.1, 0.15) is 0 Å². The Kier molecular flexibility index (Phi) is 4.48. The minimum absolute atomic E-state index is 0.0666.